The van der Waals surface area contributed by atoms with Gasteiger partial charge in [-0.05, 0) is 43.0 Å². The second-order valence-electron chi connectivity index (χ2n) is 5.63. The van der Waals surface area contributed by atoms with Gasteiger partial charge in [-0.2, -0.15) is 0 Å². The number of hydrogen-bond acceptors (Lipinski definition) is 3. The SMILES string of the molecule is O=C(NCC1CCCCC1)Oc1ccc2ncccc2c1. The van der Waals surface area contributed by atoms with Crippen LogP contribution in [0.5, 0.6) is 5.75 Å². The van der Waals surface area contributed by atoms with Gasteiger partial charge < -0.3 is 10.1 Å². The third kappa shape index (κ3) is 3.72. The van der Waals surface area contributed by atoms with Crippen molar-refractivity contribution in [3.05, 3.63) is 36.5 Å². The number of rotatable bonds is 3. The second kappa shape index (κ2) is 6.57. The molecule has 0 bridgehead atoms. The van der Waals surface area contributed by atoms with E-state index in [4.69, 9.17) is 4.74 Å². The predicted molar refractivity (Wildman–Crippen MR) is 82.3 cm³/mol. The maximum absolute atomic E-state index is 11.8. The molecule has 0 saturated heterocycles. The topological polar surface area (TPSA) is 51.2 Å². The van der Waals surface area contributed by atoms with Gasteiger partial charge >= 0.3 is 6.09 Å². The van der Waals surface area contributed by atoms with Gasteiger partial charge in [-0.1, -0.05) is 25.3 Å². The van der Waals surface area contributed by atoms with E-state index in [1.54, 1.807) is 12.3 Å². The van der Waals surface area contributed by atoms with Crippen LogP contribution in [0.1, 0.15) is 32.1 Å². The Morgan fingerprint density at radius 2 is 2.10 bits per heavy atom. The number of carbonyl (C=O) groups is 1. The molecule has 1 saturated carbocycles. The molecule has 4 heteroatoms. The number of carbonyl (C=O) groups excluding carboxylic acids is 1. The molecule has 1 aromatic carbocycles. The predicted octanol–water partition coefficient (Wildman–Crippen LogP) is 3.90. The van der Waals surface area contributed by atoms with Crippen molar-refractivity contribution < 1.29 is 9.53 Å². The van der Waals surface area contributed by atoms with Gasteiger partial charge in [0.15, 0.2) is 0 Å². The summed E-state index contributed by atoms with van der Waals surface area (Å²) in [5, 5.41) is 3.84. The van der Waals surface area contributed by atoms with Gasteiger partial charge in [0.05, 0.1) is 5.52 Å². The molecule has 0 unspecified atom stereocenters. The lowest BCUT2D eigenvalue weighted by molar-refractivity contribution is 0.196. The summed E-state index contributed by atoms with van der Waals surface area (Å²) in [7, 11) is 0. The molecule has 3 rings (SSSR count). The Labute approximate surface area is 124 Å². The zero-order valence-corrected chi connectivity index (χ0v) is 12.0. The zero-order chi connectivity index (χ0) is 14.5. The van der Waals surface area contributed by atoms with E-state index in [9.17, 15) is 4.79 Å². The standard InChI is InChI=1S/C17H20N2O2/c20-17(19-12-13-5-2-1-3-6-13)21-15-8-9-16-14(11-15)7-4-10-18-16/h4,7-11,13H,1-3,5-6,12H2,(H,19,20). The van der Waals surface area contributed by atoms with E-state index < -0.39 is 0 Å². The molecule has 1 N–H and O–H groups in total. The minimum Gasteiger partial charge on any atom is -0.410 e. The van der Waals surface area contributed by atoms with Crippen LogP contribution in [0.15, 0.2) is 36.5 Å². The van der Waals surface area contributed by atoms with E-state index in [1.807, 2.05) is 24.3 Å². The molecule has 1 aromatic heterocycles. The first-order chi connectivity index (χ1) is 10.3. The van der Waals surface area contributed by atoms with Crippen molar-refractivity contribution in [2.45, 2.75) is 32.1 Å². The van der Waals surface area contributed by atoms with E-state index in [2.05, 4.69) is 10.3 Å². The molecular weight excluding hydrogens is 264 g/mol. The molecule has 2 aromatic rings. The summed E-state index contributed by atoms with van der Waals surface area (Å²) >= 11 is 0. The number of hydrogen-bond donors (Lipinski definition) is 1. The smallest absolute Gasteiger partial charge is 0.410 e. The van der Waals surface area contributed by atoms with Crippen molar-refractivity contribution >= 4 is 17.0 Å². The highest BCUT2D eigenvalue weighted by molar-refractivity contribution is 5.81. The lowest BCUT2D eigenvalue weighted by Crippen LogP contribution is -2.32. The zero-order valence-electron chi connectivity index (χ0n) is 12.0. The second-order valence-corrected chi connectivity index (χ2v) is 5.63. The van der Waals surface area contributed by atoms with Crippen LogP contribution in [-0.2, 0) is 0 Å². The summed E-state index contributed by atoms with van der Waals surface area (Å²) < 4.78 is 5.34. The van der Waals surface area contributed by atoms with Crippen LogP contribution in [0.2, 0.25) is 0 Å². The average Bonchev–Trinajstić information content (AvgIpc) is 2.54. The average molecular weight is 284 g/mol. The summed E-state index contributed by atoms with van der Waals surface area (Å²) in [6.07, 6.45) is 7.68. The van der Waals surface area contributed by atoms with Gasteiger partial charge in [0.1, 0.15) is 5.75 Å². The maximum atomic E-state index is 11.8. The number of fused-ring (bicyclic) bond motifs is 1. The Hall–Kier alpha value is -2.10. The number of benzene rings is 1. The van der Waals surface area contributed by atoms with Crippen molar-refractivity contribution in [2.75, 3.05) is 6.54 Å². The van der Waals surface area contributed by atoms with Gasteiger partial charge in [0.2, 0.25) is 0 Å². The molecule has 1 aliphatic rings. The van der Waals surface area contributed by atoms with E-state index in [0.717, 1.165) is 10.9 Å². The van der Waals surface area contributed by atoms with Crippen LogP contribution in [0.25, 0.3) is 10.9 Å². The van der Waals surface area contributed by atoms with Crippen LogP contribution >= 0.6 is 0 Å². The van der Waals surface area contributed by atoms with Gasteiger partial charge in [0.25, 0.3) is 0 Å². The third-order valence-corrected chi connectivity index (χ3v) is 4.04. The van der Waals surface area contributed by atoms with Crippen LogP contribution in [0.3, 0.4) is 0 Å². The first kappa shape index (κ1) is 13.9. The van der Waals surface area contributed by atoms with Crippen molar-refractivity contribution in [3.63, 3.8) is 0 Å². The van der Waals surface area contributed by atoms with Crippen molar-refractivity contribution in [1.82, 2.24) is 10.3 Å². The number of nitrogens with zero attached hydrogens (tertiary/aromatic N) is 1. The lowest BCUT2D eigenvalue weighted by atomic mass is 9.89. The highest BCUT2D eigenvalue weighted by Crippen LogP contribution is 2.23. The number of pyridine rings is 1. The summed E-state index contributed by atoms with van der Waals surface area (Å²) in [5.74, 6) is 1.16. The molecule has 0 atom stereocenters. The fourth-order valence-corrected chi connectivity index (χ4v) is 2.88. The van der Waals surface area contributed by atoms with Crippen molar-refractivity contribution in [3.8, 4) is 5.75 Å². The number of ether oxygens (including phenoxy) is 1. The van der Waals surface area contributed by atoms with Gasteiger partial charge in [-0.25, -0.2) is 4.79 Å². The van der Waals surface area contributed by atoms with E-state index >= 15 is 0 Å². The quantitative estimate of drug-likeness (QED) is 0.929. The Bertz CT molecular complexity index is 621. The molecule has 110 valence electrons. The summed E-state index contributed by atoms with van der Waals surface area (Å²) in [6, 6.07) is 9.29. The highest BCUT2D eigenvalue weighted by Gasteiger charge is 2.14. The Morgan fingerprint density at radius 1 is 1.24 bits per heavy atom. The highest BCUT2D eigenvalue weighted by atomic mass is 16.6. The van der Waals surface area contributed by atoms with Gasteiger partial charge in [0, 0.05) is 18.1 Å². The summed E-state index contributed by atoms with van der Waals surface area (Å²) in [5.41, 5.74) is 0.896. The molecule has 4 nitrogen and oxygen atoms in total. The van der Waals surface area contributed by atoms with Gasteiger partial charge in [-0.3, -0.25) is 4.98 Å². The number of nitrogens with one attached hydrogen (secondary N) is 1. The summed E-state index contributed by atoms with van der Waals surface area (Å²) in [6.45, 7) is 0.716. The van der Waals surface area contributed by atoms with Gasteiger partial charge in [-0.15, -0.1) is 0 Å². The molecule has 21 heavy (non-hydrogen) atoms. The molecule has 0 radical (unpaired) electrons. The maximum Gasteiger partial charge on any atom is 0.412 e. The van der Waals surface area contributed by atoms with Crippen LogP contribution in [0, 0.1) is 5.92 Å². The molecule has 0 spiro atoms. The Morgan fingerprint density at radius 3 is 2.95 bits per heavy atom. The fourth-order valence-electron chi connectivity index (χ4n) is 2.88. The minimum absolute atomic E-state index is 0.371. The normalized spacial score (nSPS) is 15.8. The monoisotopic (exact) mass is 284 g/mol. The number of amides is 1. The number of aromatic nitrogens is 1. The first-order valence-corrected chi connectivity index (χ1v) is 7.62. The van der Waals surface area contributed by atoms with Crippen LogP contribution in [-0.4, -0.2) is 17.6 Å². The van der Waals surface area contributed by atoms with Crippen LogP contribution in [0.4, 0.5) is 4.79 Å². The fraction of sp³-hybridized carbons (Fsp3) is 0.412. The van der Waals surface area contributed by atoms with E-state index in [0.29, 0.717) is 18.2 Å². The third-order valence-electron chi connectivity index (χ3n) is 4.04. The lowest BCUT2D eigenvalue weighted by Gasteiger charge is -2.21. The summed E-state index contributed by atoms with van der Waals surface area (Å²) in [4.78, 5) is 16.1. The molecule has 1 aliphatic carbocycles. The first-order valence-electron chi connectivity index (χ1n) is 7.62. The Balaban J connectivity index is 1.55. The van der Waals surface area contributed by atoms with Crippen molar-refractivity contribution in [2.24, 2.45) is 5.92 Å². The largest absolute Gasteiger partial charge is 0.412 e. The molecule has 1 fully saturated rings. The van der Waals surface area contributed by atoms with E-state index in [1.165, 1.54) is 32.1 Å². The minimum atomic E-state index is -0.371. The molecule has 0 aliphatic heterocycles. The molecular formula is C17H20N2O2. The van der Waals surface area contributed by atoms with Crippen molar-refractivity contribution in [1.29, 1.82) is 0 Å². The van der Waals surface area contributed by atoms with Crippen LogP contribution < -0.4 is 10.1 Å². The van der Waals surface area contributed by atoms with E-state index in [-0.39, 0.29) is 6.09 Å². The molecule has 1 amide bonds. The molecule has 1 heterocycles. The Kier molecular flexibility index (Phi) is 4.34.